The first-order valence-corrected chi connectivity index (χ1v) is 9.67. The smallest absolute Gasteiger partial charge is 0.255 e. The Morgan fingerprint density at radius 1 is 1.23 bits per heavy atom. The molecule has 5 heteroatoms. The lowest BCUT2D eigenvalue weighted by atomic mass is 10.1. The average Bonchev–Trinajstić information content (AvgIpc) is 3.04. The van der Waals surface area contributed by atoms with Crippen molar-refractivity contribution in [1.82, 2.24) is 4.90 Å². The van der Waals surface area contributed by atoms with Crippen LogP contribution < -0.4 is 0 Å². The number of carbonyl (C=O) groups excluding carboxylic acids is 1. The van der Waals surface area contributed by atoms with Gasteiger partial charge in [-0.3, -0.25) is 4.79 Å². The quantitative estimate of drug-likeness (QED) is 0.731. The molecular formula is C17H16ClNOS2. The van der Waals surface area contributed by atoms with Crippen molar-refractivity contribution < 1.29 is 4.79 Å². The Kier molecular flexibility index (Phi) is 5.01. The Balaban J connectivity index is 1.86. The maximum atomic E-state index is 12.8. The summed E-state index contributed by atoms with van der Waals surface area (Å²) >= 11 is 9.75. The highest BCUT2D eigenvalue weighted by molar-refractivity contribution is 7.99. The number of thioether (sulfide) groups is 2. The molecule has 0 N–H and O–H groups in total. The van der Waals surface area contributed by atoms with E-state index in [1.54, 1.807) is 23.5 Å². The van der Waals surface area contributed by atoms with E-state index in [1.165, 1.54) is 0 Å². The summed E-state index contributed by atoms with van der Waals surface area (Å²) in [7, 11) is 0. The largest absolute Gasteiger partial charge is 0.322 e. The number of rotatable bonds is 3. The highest BCUT2D eigenvalue weighted by atomic mass is 35.5. The molecule has 2 aromatic rings. The Bertz CT molecular complexity index is 675. The van der Waals surface area contributed by atoms with E-state index in [-0.39, 0.29) is 11.3 Å². The third kappa shape index (κ3) is 3.14. The summed E-state index contributed by atoms with van der Waals surface area (Å²) in [6.45, 7) is 0.754. The van der Waals surface area contributed by atoms with Crippen molar-refractivity contribution in [3.05, 3.63) is 64.7 Å². The van der Waals surface area contributed by atoms with Crippen LogP contribution in [-0.2, 0) is 0 Å². The third-order valence-corrected chi connectivity index (χ3v) is 5.99. The van der Waals surface area contributed by atoms with Gasteiger partial charge in [-0.25, -0.2) is 0 Å². The van der Waals surface area contributed by atoms with E-state index in [0.717, 1.165) is 33.3 Å². The number of hydrogen-bond acceptors (Lipinski definition) is 3. The molecule has 22 heavy (non-hydrogen) atoms. The summed E-state index contributed by atoms with van der Waals surface area (Å²) in [5.41, 5.74) is 1.75. The van der Waals surface area contributed by atoms with Crippen LogP contribution in [0.4, 0.5) is 0 Å². The number of halogens is 1. The molecule has 1 fully saturated rings. The first-order chi connectivity index (χ1) is 10.7. The zero-order chi connectivity index (χ0) is 15.5. The molecule has 2 aromatic carbocycles. The summed E-state index contributed by atoms with van der Waals surface area (Å²) < 4.78 is 0. The lowest BCUT2D eigenvalue weighted by Gasteiger charge is -2.25. The fourth-order valence-electron chi connectivity index (χ4n) is 2.51. The summed E-state index contributed by atoms with van der Waals surface area (Å²) in [5.74, 6) is 1.01. The van der Waals surface area contributed by atoms with E-state index < -0.39 is 0 Å². The van der Waals surface area contributed by atoms with E-state index in [4.69, 9.17) is 11.6 Å². The molecule has 1 aliphatic heterocycles. The first-order valence-electron chi connectivity index (χ1n) is 7.02. The van der Waals surface area contributed by atoms with Crippen LogP contribution in [0.2, 0.25) is 5.02 Å². The average molecular weight is 350 g/mol. The van der Waals surface area contributed by atoms with E-state index >= 15 is 0 Å². The lowest BCUT2D eigenvalue weighted by molar-refractivity contribution is 0.0760. The SMILES string of the molecule is CSc1ccc(C(=O)N2CCSC2c2ccccc2Cl)cc1. The minimum absolute atomic E-state index is 0.00132. The molecule has 1 atom stereocenters. The highest BCUT2D eigenvalue weighted by Crippen LogP contribution is 2.41. The minimum atomic E-state index is 0.00132. The van der Waals surface area contributed by atoms with Crippen molar-refractivity contribution >= 4 is 41.0 Å². The second-order valence-corrected chi connectivity index (χ2v) is 7.45. The van der Waals surface area contributed by atoms with E-state index in [2.05, 4.69) is 0 Å². The molecule has 0 saturated carbocycles. The van der Waals surface area contributed by atoms with Crippen LogP contribution in [0.5, 0.6) is 0 Å². The van der Waals surface area contributed by atoms with E-state index in [0.29, 0.717) is 0 Å². The van der Waals surface area contributed by atoms with Crippen molar-refractivity contribution in [3.8, 4) is 0 Å². The van der Waals surface area contributed by atoms with Gasteiger partial charge in [0.1, 0.15) is 5.37 Å². The molecule has 0 aromatic heterocycles. The molecule has 1 unspecified atom stereocenters. The van der Waals surface area contributed by atoms with Gasteiger partial charge in [0.15, 0.2) is 0 Å². The van der Waals surface area contributed by atoms with Gasteiger partial charge in [-0.15, -0.1) is 23.5 Å². The fourth-order valence-corrected chi connectivity index (χ4v) is 4.51. The Hall–Kier alpha value is -1.10. The number of nitrogens with zero attached hydrogens (tertiary/aromatic N) is 1. The zero-order valence-electron chi connectivity index (χ0n) is 12.2. The van der Waals surface area contributed by atoms with Gasteiger partial charge in [0.05, 0.1) is 0 Å². The number of hydrogen-bond donors (Lipinski definition) is 0. The van der Waals surface area contributed by atoms with Gasteiger partial charge in [0.25, 0.3) is 5.91 Å². The van der Waals surface area contributed by atoms with Crippen molar-refractivity contribution in [3.63, 3.8) is 0 Å². The summed E-state index contributed by atoms with van der Waals surface area (Å²) in [5, 5.41) is 0.721. The van der Waals surface area contributed by atoms with Gasteiger partial charge < -0.3 is 4.90 Å². The van der Waals surface area contributed by atoms with Crippen LogP contribution in [0, 0.1) is 0 Å². The Morgan fingerprint density at radius 2 is 1.95 bits per heavy atom. The second-order valence-electron chi connectivity index (χ2n) is 4.97. The van der Waals surface area contributed by atoms with Gasteiger partial charge >= 0.3 is 0 Å². The molecular weight excluding hydrogens is 334 g/mol. The third-order valence-electron chi connectivity index (χ3n) is 3.66. The molecule has 2 nitrogen and oxygen atoms in total. The van der Waals surface area contributed by atoms with Gasteiger partial charge in [-0.05, 0) is 36.6 Å². The van der Waals surface area contributed by atoms with Gasteiger partial charge in [0.2, 0.25) is 0 Å². The summed E-state index contributed by atoms with van der Waals surface area (Å²) in [4.78, 5) is 15.9. The maximum Gasteiger partial charge on any atom is 0.255 e. The molecule has 114 valence electrons. The van der Waals surface area contributed by atoms with Gasteiger partial charge in [-0.1, -0.05) is 29.8 Å². The van der Waals surface area contributed by atoms with Crippen LogP contribution in [0.1, 0.15) is 21.3 Å². The normalized spacial score (nSPS) is 17.7. The van der Waals surface area contributed by atoms with Gasteiger partial charge in [0, 0.05) is 33.3 Å². The van der Waals surface area contributed by atoms with Crippen LogP contribution in [0.15, 0.2) is 53.4 Å². The number of benzene rings is 2. The van der Waals surface area contributed by atoms with Crippen molar-refractivity contribution in [1.29, 1.82) is 0 Å². The van der Waals surface area contributed by atoms with Crippen molar-refractivity contribution in [2.75, 3.05) is 18.6 Å². The van der Waals surface area contributed by atoms with Crippen LogP contribution >= 0.6 is 35.1 Å². The number of carbonyl (C=O) groups is 1. The predicted octanol–water partition coefficient (Wildman–Crippen LogP) is 4.95. The zero-order valence-corrected chi connectivity index (χ0v) is 14.5. The molecule has 1 heterocycles. The van der Waals surface area contributed by atoms with Crippen LogP contribution in [0.25, 0.3) is 0 Å². The molecule has 3 rings (SSSR count). The molecule has 1 amide bonds. The standard InChI is InChI=1S/C17H16ClNOS2/c1-21-13-8-6-12(7-9-13)16(20)19-10-11-22-17(19)14-4-2-3-5-15(14)18/h2-9,17H,10-11H2,1H3. The first kappa shape index (κ1) is 15.8. The van der Waals surface area contributed by atoms with Crippen molar-refractivity contribution in [2.45, 2.75) is 10.3 Å². The monoisotopic (exact) mass is 349 g/mol. The molecule has 1 saturated heterocycles. The van der Waals surface area contributed by atoms with Crippen LogP contribution in [-0.4, -0.2) is 29.4 Å². The number of amides is 1. The fraction of sp³-hybridized carbons (Fsp3) is 0.235. The summed E-state index contributed by atoms with van der Waals surface area (Å²) in [6, 6.07) is 15.6. The highest BCUT2D eigenvalue weighted by Gasteiger charge is 2.32. The Labute approximate surface area is 144 Å². The van der Waals surface area contributed by atoms with E-state index in [9.17, 15) is 4.79 Å². The molecule has 0 bridgehead atoms. The van der Waals surface area contributed by atoms with Crippen molar-refractivity contribution in [2.24, 2.45) is 0 Å². The molecule has 0 aliphatic carbocycles. The molecule has 0 spiro atoms. The minimum Gasteiger partial charge on any atom is -0.322 e. The molecule has 1 aliphatic rings. The topological polar surface area (TPSA) is 20.3 Å². The lowest BCUT2D eigenvalue weighted by Crippen LogP contribution is -2.30. The Morgan fingerprint density at radius 3 is 2.64 bits per heavy atom. The predicted molar refractivity (Wildman–Crippen MR) is 95.9 cm³/mol. The van der Waals surface area contributed by atoms with Gasteiger partial charge in [-0.2, -0.15) is 0 Å². The second kappa shape index (κ2) is 6.99. The molecule has 0 radical (unpaired) electrons. The van der Waals surface area contributed by atoms with E-state index in [1.807, 2.05) is 59.7 Å². The maximum absolute atomic E-state index is 12.8. The van der Waals surface area contributed by atoms with Crippen LogP contribution in [0.3, 0.4) is 0 Å². The summed E-state index contributed by atoms with van der Waals surface area (Å²) in [6.07, 6.45) is 2.03.